The van der Waals surface area contributed by atoms with Gasteiger partial charge in [0, 0.05) is 25.0 Å². The van der Waals surface area contributed by atoms with Crippen molar-refractivity contribution >= 4 is 5.91 Å². The van der Waals surface area contributed by atoms with E-state index in [0.29, 0.717) is 30.0 Å². The van der Waals surface area contributed by atoms with Gasteiger partial charge in [-0.05, 0) is 25.8 Å². The minimum Gasteiger partial charge on any atom is -0.448 e. The van der Waals surface area contributed by atoms with Gasteiger partial charge >= 0.3 is 0 Å². The number of hydrogen-bond donors (Lipinski definition) is 1. The van der Waals surface area contributed by atoms with Crippen molar-refractivity contribution in [1.82, 2.24) is 15.2 Å². The Morgan fingerprint density at radius 2 is 2.33 bits per heavy atom. The average Bonchev–Trinajstić information content (AvgIpc) is 2.91. The zero-order valence-electron chi connectivity index (χ0n) is 10.7. The van der Waals surface area contributed by atoms with Crippen LogP contribution >= 0.6 is 0 Å². The summed E-state index contributed by atoms with van der Waals surface area (Å²) in [7, 11) is 0. The van der Waals surface area contributed by atoms with Crippen LogP contribution in [0.2, 0.25) is 0 Å². The van der Waals surface area contributed by atoms with Crippen LogP contribution in [0.1, 0.15) is 42.4 Å². The summed E-state index contributed by atoms with van der Waals surface area (Å²) in [6, 6.07) is 0.699. The van der Waals surface area contributed by atoms with Crippen molar-refractivity contribution < 1.29 is 9.21 Å². The fourth-order valence-corrected chi connectivity index (χ4v) is 3.13. The summed E-state index contributed by atoms with van der Waals surface area (Å²) in [4.78, 5) is 18.8. The second-order valence-corrected chi connectivity index (χ2v) is 5.07. The third-order valence-electron chi connectivity index (χ3n) is 4.05. The zero-order chi connectivity index (χ0) is 12.5. The van der Waals surface area contributed by atoms with Crippen molar-refractivity contribution in [2.75, 3.05) is 13.1 Å². The minimum atomic E-state index is 0.0526. The van der Waals surface area contributed by atoms with E-state index in [1.54, 1.807) is 0 Å². The average molecular weight is 249 g/mol. The van der Waals surface area contributed by atoms with Crippen molar-refractivity contribution in [2.45, 2.75) is 44.7 Å². The van der Waals surface area contributed by atoms with Gasteiger partial charge < -0.3 is 14.6 Å². The Labute approximate surface area is 107 Å². The molecule has 0 aliphatic carbocycles. The molecule has 1 N–H and O–H groups in total. The molecule has 2 saturated heterocycles. The molecule has 1 aromatic heterocycles. The molecule has 3 heterocycles. The number of aromatic nitrogens is 1. The monoisotopic (exact) mass is 249 g/mol. The number of rotatable bonds is 2. The van der Waals surface area contributed by atoms with E-state index in [1.165, 1.54) is 6.39 Å². The predicted molar refractivity (Wildman–Crippen MR) is 66.3 cm³/mol. The van der Waals surface area contributed by atoms with Gasteiger partial charge in [-0.25, -0.2) is 4.98 Å². The molecule has 3 rings (SSSR count). The maximum absolute atomic E-state index is 12.6. The number of aryl methyl sites for hydroxylation is 1. The summed E-state index contributed by atoms with van der Waals surface area (Å²) in [5.74, 6) is 0.758. The van der Waals surface area contributed by atoms with E-state index >= 15 is 0 Å². The Kier molecular flexibility index (Phi) is 3.07. The fraction of sp³-hybridized carbons (Fsp3) is 0.692. The molecule has 0 spiro atoms. The third-order valence-corrected chi connectivity index (χ3v) is 4.05. The molecule has 2 atom stereocenters. The Bertz CT molecular complexity index is 429. The van der Waals surface area contributed by atoms with Crippen LogP contribution in [-0.2, 0) is 6.42 Å². The summed E-state index contributed by atoms with van der Waals surface area (Å²) in [6.45, 7) is 3.89. The SMILES string of the molecule is CCc1ocnc1C(=O)N1[C@@H]2CCNC[C@H]1CC2. The first-order valence-electron chi connectivity index (χ1n) is 6.77. The fourth-order valence-electron chi connectivity index (χ4n) is 3.13. The van der Waals surface area contributed by atoms with E-state index in [1.807, 2.05) is 11.8 Å². The van der Waals surface area contributed by atoms with Crippen LogP contribution in [0.15, 0.2) is 10.8 Å². The molecule has 0 radical (unpaired) electrons. The molecule has 1 amide bonds. The molecule has 2 bridgehead atoms. The van der Waals surface area contributed by atoms with Crippen molar-refractivity contribution in [1.29, 1.82) is 0 Å². The van der Waals surface area contributed by atoms with E-state index < -0.39 is 0 Å². The van der Waals surface area contributed by atoms with Crippen LogP contribution in [-0.4, -0.2) is 41.0 Å². The summed E-state index contributed by atoms with van der Waals surface area (Å²) >= 11 is 0. The Morgan fingerprint density at radius 3 is 3.17 bits per heavy atom. The van der Waals surface area contributed by atoms with Gasteiger partial charge in [0.15, 0.2) is 12.1 Å². The molecule has 0 aromatic carbocycles. The third kappa shape index (κ3) is 1.82. The maximum Gasteiger partial charge on any atom is 0.276 e. The predicted octanol–water partition coefficient (Wildman–Crippen LogP) is 1.20. The lowest BCUT2D eigenvalue weighted by atomic mass is 10.1. The Hall–Kier alpha value is -1.36. The zero-order valence-corrected chi connectivity index (χ0v) is 10.7. The molecular weight excluding hydrogens is 230 g/mol. The van der Waals surface area contributed by atoms with Crippen LogP contribution in [0.5, 0.6) is 0 Å². The number of oxazole rings is 1. The van der Waals surface area contributed by atoms with Gasteiger partial charge in [0.05, 0.1) is 0 Å². The van der Waals surface area contributed by atoms with Gasteiger partial charge in [0.25, 0.3) is 5.91 Å². The van der Waals surface area contributed by atoms with Gasteiger partial charge in [-0.15, -0.1) is 0 Å². The van der Waals surface area contributed by atoms with Crippen LogP contribution in [0.25, 0.3) is 0 Å². The largest absolute Gasteiger partial charge is 0.448 e. The highest BCUT2D eigenvalue weighted by Gasteiger charge is 2.39. The highest BCUT2D eigenvalue weighted by Crippen LogP contribution is 2.29. The number of hydrogen-bond acceptors (Lipinski definition) is 4. The van der Waals surface area contributed by atoms with Crippen molar-refractivity contribution in [3.05, 3.63) is 17.8 Å². The first-order chi connectivity index (χ1) is 8.81. The Morgan fingerprint density at radius 1 is 1.50 bits per heavy atom. The molecule has 2 fully saturated rings. The lowest BCUT2D eigenvalue weighted by Gasteiger charge is -2.27. The highest BCUT2D eigenvalue weighted by atomic mass is 16.3. The second kappa shape index (κ2) is 4.72. The summed E-state index contributed by atoms with van der Waals surface area (Å²) in [5.41, 5.74) is 0.510. The summed E-state index contributed by atoms with van der Waals surface area (Å²) in [5, 5.41) is 3.40. The molecule has 18 heavy (non-hydrogen) atoms. The summed E-state index contributed by atoms with van der Waals surface area (Å²) in [6.07, 6.45) is 5.36. The van der Waals surface area contributed by atoms with Gasteiger partial charge in [-0.1, -0.05) is 6.92 Å². The smallest absolute Gasteiger partial charge is 0.276 e. The van der Waals surface area contributed by atoms with Crippen molar-refractivity contribution in [3.63, 3.8) is 0 Å². The number of amides is 1. The van der Waals surface area contributed by atoms with Gasteiger partial charge in [-0.3, -0.25) is 4.79 Å². The standard InChI is InChI=1S/C13H19N3O2/c1-2-11-12(15-8-18-11)13(17)16-9-3-4-10(16)7-14-6-5-9/h8-10,14H,2-7H2,1H3/t9-,10+/m0/s1. The summed E-state index contributed by atoms with van der Waals surface area (Å²) < 4.78 is 5.27. The number of nitrogens with one attached hydrogen (secondary N) is 1. The van der Waals surface area contributed by atoms with E-state index in [-0.39, 0.29) is 5.91 Å². The first kappa shape index (κ1) is 11.7. The molecular formula is C13H19N3O2. The molecule has 5 nitrogen and oxygen atoms in total. The second-order valence-electron chi connectivity index (χ2n) is 5.07. The van der Waals surface area contributed by atoms with Crippen molar-refractivity contribution in [2.24, 2.45) is 0 Å². The van der Waals surface area contributed by atoms with E-state index in [0.717, 1.165) is 32.4 Å². The molecule has 98 valence electrons. The molecule has 2 aliphatic rings. The molecule has 0 unspecified atom stereocenters. The van der Waals surface area contributed by atoms with Gasteiger partial charge in [-0.2, -0.15) is 0 Å². The number of nitrogens with zero attached hydrogens (tertiary/aromatic N) is 2. The quantitative estimate of drug-likeness (QED) is 0.855. The van der Waals surface area contributed by atoms with Gasteiger partial charge in [0.2, 0.25) is 0 Å². The highest BCUT2D eigenvalue weighted by molar-refractivity contribution is 5.93. The lowest BCUT2D eigenvalue weighted by Crippen LogP contribution is -2.42. The lowest BCUT2D eigenvalue weighted by molar-refractivity contribution is 0.0672. The van der Waals surface area contributed by atoms with Crippen LogP contribution in [0.3, 0.4) is 0 Å². The number of carbonyl (C=O) groups is 1. The maximum atomic E-state index is 12.6. The Balaban J connectivity index is 1.87. The topological polar surface area (TPSA) is 58.4 Å². The van der Waals surface area contributed by atoms with Gasteiger partial charge in [0.1, 0.15) is 5.76 Å². The molecule has 0 saturated carbocycles. The molecule has 5 heteroatoms. The number of carbonyl (C=O) groups excluding carboxylic acids is 1. The molecule has 1 aromatic rings. The van der Waals surface area contributed by atoms with Crippen molar-refractivity contribution in [3.8, 4) is 0 Å². The number of fused-ring (bicyclic) bond motifs is 2. The minimum absolute atomic E-state index is 0.0526. The van der Waals surface area contributed by atoms with E-state index in [9.17, 15) is 4.79 Å². The first-order valence-corrected chi connectivity index (χ1v) is 6.77. The normalized spacial score (nSPS) is 27.3. The van der Waals surface area contributed by atoms with E-state index in [2.05, 4.69) is 10.3 Å². The van der Waals surface area contributed by atoms with Crippen LogP contribution in [0, 0.1) is 0 Å². The van der Waals surface area contributed by atoms with E-state index in [4.69, 9.17) is 4.42 Å². The molecule has 2 aliphatic heterocycles. The van der Waals surface area contributed by atoms with Crippen LogP contribution < -0.4 is 5.32 Å². The van der Waals surface area contributed by atoms with Crippen LogP contribution in [0.4, 0.5) is 0 Å².